The number of nitrogens with zero attached hydrogens (tertiary/aromatic N) is 3. The van der Waals surface area contributed by atoms with Crippen LogP contribution in [0.3, 0.4) is 0 Å². The Labute approximate surface area is 144 Å². The normalized spacial score (nSPS) is 11.0. The first kappa shape index (κ1) is 17.6. The molecule has 124 valence electrons. The summed E-state index contributed by atoms with van der Waals surface area (Å²) in [6, 6.07) is 0. The molecule has 0 bridgehead atoms. The smallest absolute Gasteiger partial charge is 0.226 e. The predicted molar refractivity (Wildman–Crippen MR) is 96.2 cm³/mol. The number of aryl methyl sites for hydroxylation is 1. The molecule has 8 heteroatoms. The molecule has 0 aliphatic heterocycles. The average Bonchev–Trinajstić information content (AvgIpc) is 3.01. The molecule has 0 spiro atoms. The Morgan fingerprint density at radius 1 is 1.57 bits per heavy atom. The van der Waals surface area contributed by atoms with E-state index in [0.29, 0.717) is 34.6 Å². The summed E-state index contributed by atoms with van der Waals surface area (Å²) in [7, 11) is 0. The summed E-state index contributed by atoms with van der Waals surface area (Å²) in [6.45, 7) is 10.4. The summed E-state index contributed by atoms with van der Waals surface area (Å²) < 4.78 is 2.39. The van der Waals surface area contributed by atoms with Crippen LogP contribution in [-0.4, -0.2) is 25.7 Å². The second-order valence-corrected chi connectivity index (χ2v) is 7.05. The van der Waals surface area contributed by atoms with Crippen molar-refractivity contribution < 1.29 is 4.79 Å². The topological polar surface area (TPSA) is 75.6 Å². The van der Waals surface area contributed by atoms with Gasteiger partial charge in [-0.05, 0) is 31.5 Å². The average molecular weight is 352 g/mol. The third-order valence-corrected chi connectivity index (χ3v) is 4.65. The number of carbonyl (C=O) groups is 1. The van der Waals surface area contributed by atoms with Gasteiger partial charge in [0, 0.05) is 13.0 Å². The number of allylic oxidation sites excluding steroid dienone is 1. The molecule has 2 aromatic rings. The first-order valence-corrected chi connectivity index (χ1v) is 8.68. The first-order chi connectivity index (χ1) is 10.9. The van der Waals surface area contributed by atoms with Crippen LogP contribution in [0.4, 0.5) is 5.13 Å². The fourth-order valence-electron chi connectivity index (χ4n) is 2.05. The number of aromatic nitrogens is 4. The van der Waals surface area contributed by atoms with E-state index in [1.54, 1.807) is 6.08 Å². The lowest BCUT2D eigenvalue weighted by molar-refractivity contribution is -0.116. The van der Waals surface area contributed by atoms with Gasteiger partial charge >= 0.3 is 0 Å². The maximum absolute atomic E-state index is 11.9. The van der Waals surface area contributed by atoms with Crippen LogP contribution in [-0.2, 0) is 11.3 Å². The molecule has 2 heterocycles. The molecule has 0 radical (unpaired) electrons. The van der Waals surface area contributed by atoms with E-state index in [1.807, 2.05) is 11.5 Å². The quantitative estimate of drug-likeness (QED) is 0.585. The molecule has 6 nitrogen and oxygen atoms in total. The Hall–Kier alpha value is -1.80. The van der Waals surface area contributed by atoms with Gasteiger partial charge in [0.1, 0.15) is 0 Å². The van der Waals surface area contributed by atoms with Gasteiger partial charge < -0.3 is 5.32 Å². The number of thiazole rings is 1. The van der Waals surface area contributed by atoms with Crippen LogP contribution >= 0.6 is 23.6 Å². The van der Waals surface area contributed by atoms with Gasteiger partial charge in [0.2, 0.25) is 5.91 Å². The number of rotatable bonds is 7. The van der Waals surface area contributed by atoms with E-state index < -0.39 is 0 Å². The largest absolute Gasteiger partial charge is 0.302 e. The molecule has 1 amide bonds. The minimum absolute atomic E-state index is 0.0102. The molecule has 2 N–H and O–H groups in total. The highest BCUT2D eigenvalue weighted by molar-refractivity contribution is 7.71. The molecule has 2 aromatic heterocycles. The van der Waals surface area contributed by atoms with Gasteiger partial charge in [-0.3, -0.25) is 14.5 Å². The molecule has 2 rings (SSSR count). The maximum atomic E-state index is 11.9. The lowest BCUT2D eigenvalue weighted by Gasteiger charge is -2.03. The summed E-state index contributed by atoms with van der Waals surface area (Å²) in [4.78, 5) is 17.3. The molecule has 0 aliphatic rings. The van der Waals surface area contributed by atoms with Crippen LogP contribution in [0.15, 0.2) is 12.7 Å². The molecule has 0 fully saturated rings. The van der Waals surface area contributed by atoms with E-state index in [0.717, 1.165) is 17.0 Å². The standard InChI is InChI=1S/C15H21N5OS2/c1-5-8-20-13(18-19-15(20)22)12-10(4)16-14(23-12)17-11(21)7-6-9(2)3/h5,9H,1,6-8H2,2-4H3,(H,19,22)(H,16,17,21). The summed E-state index contributed by atoms with van der Waals surface area (Å²) in [6.07, 6.45) is 3.13. The van der Waals surface area contributed by atoms with Gasteiger partial charge in [0.05, 0.1) is 10.6 Å². The van der Waals surface area contributed by atoms with Crippen LogP contribution in [0.25, 0.3) is 10.7 Å². The zero-order valence-corrected chi connectivity index (χ0v) is 15.2. The van der Waals surface area contributed by atoms with Crippen molar-refractivity contribution in [2.24, 2.45) is 5.92 Å². The monoisotopic (exact) mass is 351 g/mol. The summed E-state index contributed by atoms with van der Waals surface area (Å²) >= 11 is 6.63. The van der Waals surface area contributed by atoms with Crippen molar-refractivity contribution in [2.75, 3.05) is 5.32 Å². The van der Waals surface area contributed by atoms with Gasteiger partial charge in [-0.2, -0.15) is 5.10 Å². The second kappa shape index (κ2) is 7.65. The van der Waals surface area contributed by atoms with Crippen molar-refractivity contribution in [3.63, 3.8) is 0 Å². The zero-order valence-electron chi connectivity index (χ0n) is 13.5. The van der Waals surface area contributed by atoms with Crippen molar-refractivity contribution in [1.29, 1.82) is 0 Å². The van der Waals surface area contributed by atoms with Crippen molar-refractivity contribution in [3.8, 4) is 10.7 Å². The molecule has 0 aromatic carbocycles. The Kier molecular flexibility index (Phi) is 5.84. The van der Waals surface area contributed by atoms with E-state index >= 15 is 0 Å². The third-order valence-electron chi connectivity index (χ3n) is 3.26. The zero-order chi connectivity index (χ0) is 17.0. The van der Waals surface area contributed by atoms with Gasteiger partial charge in [0.25, 0.3) is 0 Å². The van der Waals surface area contributed by atoms with Crippen LogP contribution in [0.2, 0.25) is 0 Å². The van der Waals surface area contributed by atoms with E-state index in [9.17, 15) is 4.79 Å². The van der Waals surface area contributed by atoms with Gasteiger partial charge in [0.15, 0.2) is 15.7 Å². The van der Waals surface area contributed by atoms with Crippen molar-refractivity contribution in [2.45, 2.75) is 40.2 Å². The van der Waals surface area contributed by atoms with Crippen molar-refractivity contribution in [3.05, 3.63) is 23.1 Å². The second-order valence-electron chi connectivity index (χ2n) is 5.67. The highest BCUT2D eigenvalue weighted by Crippen LogP contribution is 2.31. The maximum Gasteiger partial charge on any atom is 0.226 e. The predicted octanol–water partition coefficient (Wildman–Crippen LogP) is 3.93. The van der Waals surface area contributed by atoms with Gasteiger partial charge in [-0.15, -0.1) is 6.58 Å². The fraction of sp³-hybridized carbons (Fsp3) is 0.467. The van der Waals surface area contributed by atoms with Crippen LogP contribution in [0, 0.1) is 17.6 Å². The molecular formula is C15H21N5OS2. The van der Waals surface area contributed by atoms with Gasteiger partial charge in [-0.25, -0.2) is 4.98 Å². The Bertz CT molecular complexity index is 756. The lowest BCUT2D eigenvalue weighted by Crippen LogP contribution is -2.11. The number of hydrogen-bond acceptors (Lipinski definition) is 5. The molecule has 0 aliphatic carbocycles. The van der Waals surface area contributed by atoms with Crippen LogP contribution in [0.5, 0.6) is 0 Å². The van der Waals surface area contributed by atoms with Gasteiger partial charge in [-0.1, -0.05) is 31.3 Å². The number of aromatic amines is 1. The van der Waals surface area contributed by atoms with E-state index in [1.165, 1.54) is 11.3 Å². The minimum atomic E-state index is -0.0102. The summed E-state index contributed by atoms with van der Waals surface area (Å²) in [5.74, 6) is 1.21. The third kappa shape index (κ3) is 4.35. The highest BCUT2D eigenvalue weighted by atomic mass is 32.1. The number of amides is 1. The number of anilines is 1. The van der Waals surface area contributed by atoms with Crippen molar-refractivity contribution in [1.82, 2.24) is 19.7 Å². The summed E-state index contributed by atoms with van der Waals surface area (Å²) in [5.41, 5.74) is 0.813. The Balaban J connectivity index is 2.20. The fourth-order valence-corrected chi connectivity index (χ4v) is 3.24. The van der Waals surface area contributed by atoms with Crippen LogP contribution in [0.1, 0.15) is 32.4 Å². The number of carbonyl (C=O) groups excluding carboxylic acids is 1. The molecule has 0 saturated heterocycles. The molecule has 0 atom stereocenters. The first-order valence-electron chi connectivity index (χ1n) is 7.46. The number of nitrogens with one attached hydrogen (secondary N) is 2. The minimum Gasteiger partial charge on any atom is -0.302 e. The molecule has 23 heavy (non-hydrogen) atoms. The van der Waals surface area contributed by atoms with E-state index in [4.69, 9.17) is 12.2 Å². The number of H-pyrrole nitrogens is 1. The Morgan fingerprint density at radius 2 is 2.30 bits per heavy atom. The number of hydrogen-bond donors (Lipinski definition) is 2. The van der Waals surface area contributed by atoms with Crippen LogP contribution < -0.4 is 5.32 Å². The van der Waals surface area contributed by atoms with Crippen molar-refractivity contribution >= 4 is 34.6 Å². The molecular weight excluding hydrogens is 330 g/mol. The SMILES string of the molecule is C=CCn1c(-c2sc(NC(=O)CCC(C)C)nc2C)n[nH]c1=S. The Morgan fingerprint density at radius 3 is 2.96 bits per heavy atom. The lowest BCUT2D eigenvalue weighted by atomic mass is 10.1. The van der Waals surface area contributed by atoms with E-state index in [-0.39, 0.29) is 5.91 Å². The summed E-state index contributed by atoms with van der Waals surface area (Å²) in [5, 5.41) is 10.5. The molecule has 0 saturated carbocycles. The molecule has 0 unspecified atom stereocenters. The van der Waals surface area contributed by atoms with E-state index in [2.05, 4.69) is 40.9 Å². The highest BCUT2D eigenvalue weighted by Gasteiger charge is 2.17.